The summed E-state index contributed by atoms with van der Waals surface area (Å²) >= 11 is 0. The lowest BCUT2D eigenvalue weighted by Crippen LogP contribution is -2.16. The van der Waals surface area contributed by atoms with E-state index in [9.17, 15) is 4.79 Å². The average molecular weight is 233 g/mol. The summed E-state index contributed by atoms with van der Waals surface area (Å²) in [6.45, 7) is 3.98. The molecule has 1 aliphatic rings. The molecule has 92 valence electrons. The maximum atomic E-state index is 11.2. The summed E-state index contributed by atoms with van der Waals surface area (Å²) in [6.07, 6.45) is 3.81. The highest BCUT2D eigenvalue weighted by Crippen LogP contribution is 2.41. The Morgan fingerprint density at radius 2 is 2.12 bits per heavy atom. The quantitative estimate of drug-likeness (QED) is 0.869. The van der Waals surface area contributed by atoms with Gasteiger partial charge in [0.25, 0.3) is 0 Å². The number of nitrogens with two attached hydrogens (primary N) is 1. The van der Waals surface area contributed by atoms with Crippen molar-refractivity contribution in [2.75, 3.05) is 0 Å². The van der Waals surface area contributed by atoms with E-state index in [4.69, 9.17) is 10.5 Å². The average Bonchev–Trinajstić information content (AvgIpc) is 2.16. The number of ether oxygens (including phenoxy) is 1. The lowest BCUT2D eigenvalue weighted by Gasteiger charge is -2.28. The summed E-state index contributed by atoms with van der Waals surface area (Å²) in [5.41, 5.74) is 7.03. The number of hydrogen-bond donors (Lipinski definition) is 1. The molecule has 0 unspecified atom stereocenters. The van der Waals surface area contributed by atoms with E-state index in [1.807, 2.05) is 19.9 Å². The first kappa shape index (κ1) is 12.0. The Hall–Kier alpha value is -1.51. The van der Waals surface area contributed by atoms with Gasteiger partial charge >= 0.3 is 0 Å². The number of amides is 1. The van der Waals surface area contributed by atoms with Crippen LogP contribution < -0.4 is 10.5 Å². The third kappa shape index (κ3) is 2.60. The van der Waals surface area contributed by atoms with Gasteiger partial charge in [0.1, 0.15) is 5.75 Å². The highest BCUT2D eigenvalue weighted by atomic mass is 16.5. The third-order valence-electron chi connectivity index (χ3n) is 3.21. The maximum Gasteiger partial charge on any atom is 0.248 e. The van der Waals surface area contributed by atoms with E-state index in [1.165, 1.54) is 24.8 Å². The Bertz CT molecular complexity index is 422. The van der Waals surface area contributed by atoms with E-state index < -0.39 is 5.91 Å². The summed E-state index contributed by atoms with van der Waals surface area (Å²) in [7, 11) is 0. The zero-order chi connectivity index (χ0) is 12.4. The molecule has 0 atom stereocenters. The molecule has 2 rings (SSSR count). The van der Waals surface area contributed by atoms with E-state index in [-0.39, 0.29) is 6.10 Å². The molecule has 2 N–H and O–H groups in total. The number of rotatable bonds is 4. The van der Waals surface area contributed by atoms with Crippen molar-refractivity contribution in [3.05, 3.63) is 29.3 Å². The second-order valence-corrected chi connectivity index (χ2v) is 4.91. The van der Waals surface area contributed by atoms with Crippen LogP contribution in [-0.2, 0) is 0 Å². The molecule has 0 saturated heterocycles. The first-order chi connectivity index (χ1) is 8.08. The molecule has 0 spiro atoms. The molecule has 1 amide bonds. The van der Waals surface area contributed by atoms with Crippen molar-refractivity contribution in [1.29, 1.82) is 0 Å². The maximum absolute atomic E-state index is 11.2. The predicted molar refractivity (Wildman–Crippen MR) is 67.3 cm³/mol. The molecule has 1 saturated carbocycles. The van der Waals surface area contributed by atoms with Gasteiger partial charge in [0.05, 0.1) is 6.10 Å². The van der Waals surface area contributed by atoms with Crippen LogP contribution >= 0.6 is 0 Å². The molecule has 0 bridgehead atoms. The minimum Gasteiger partial charge on any atom is -0.491 e. The molecule has 0 heterocycles. The first-order valence-corrected chi connectivity index (χ1v) is 6.18. The Balaban J connectivity index is 2.33. The molecule has 1 fully saturated rings. The molecular formula is C14H19NO2. The third-order valence-corrected chi connectivity index (χ3v) is 3.21. The first-order valence-electron chi connectivity index (χ1n) is 6.18. The van der Waals surface area contributed by atoms with Gasteiger partial charge in [0, 0.05) is 5.56 Å². The molecule has 17 heavy (non-hydrogen) atoms. The zero-order valence-electron chi connectivity index (χ0n) is 10.4. The number of carbonyl (C=O) groups is 1. The molecule has 1 aromatic carbocycles. The summed E-state index contributed by atoms with van der Waals surface area (Å²) in [4.78, 5) is 11.2. The second-order valence-electron chi connectivity index (χ2n) is 4.91. The molecule has 0 aliphatic heterocycles. The lowest BCUT2D eigenvalue weighted by molar-refractivity contribution is 0.0999. The van der Waals surface area contributed by atoms with Gasteiger partial charge in [-0.1, -0.05) is 12.5 Å². The van der Waals surface area contributed by atoms with Gasteiger partial charge in [-0.05, 0) is 50.3 Å². The largest absolute Gasteiger partial charge is 0.491 e. The Kier molecular flexibility index (Phi) is 3.36. The standard InChI is InChI=1S/C14H19NO2/c1-9(2)17-13-8-11(14(15)16)6-7-12(13)10-4-3-5-10/h6-10H,3-5H2,1-2H3,(H2,15,16). The van der Waals surface area contributed by atoms with Crippen LogP contribution in [0.2, 0.25) is 0 Å². The van der Waals surface area contributed by atoms with Gasteiger partial charge in [0.15, 0.2) is 0 Å². The summed E-state index contributed by atoms with van der Waals surface area (Å²) < 4.78 is 5.79. The molecule has 1 aromatic rings. The molecule has 3 heteroatoms. The fraction of sp³-hybridized carbons (Fsp3) is 0.500. The van der Waals surface area contributed by atoms with E-state index in [0.29, 0.717) is 11.5 Å². The molecule has 0 radical (unpaired) electrons. The lowest BCUT2D eigenvalue weighted by atomic mass is 9.79. The van der Waals surface area contributed by atoms with Crippen molar-refractivity contribution < 1.29 is 9.53 Å². The fourth-order valence-electron chi connectivity index (χ4n) is 2.10. The van der Waals surface area contributed by atoms with Gasteiger partial charge in [-0.25, -0.2) is 0 Å². The highest BCUT2D eigenvalue weighted by Gasteiger charge is 2.23. The normalized spacial score (nSPS) is 15.7. The Labute approximate surface area is 102 Å². The van der Waals surface area contributed by atoms with Crippen LogP contribution in [0.4, 0.5) is 0 Å². The van der Waals surface area contributed by atoms with Crippen LogP contribution in [0.25, 0.3) is 0 Å². The van der Waals surface area contributed by atoms with Crippen molar-refractivity contribution in [2.45, 2.75) is 45.1 Å². The molecule has 0 aromatic heterocycles. The number of hydrogen-bond acceptors (Lipinski definition) is 2. The summed E-state index contributed by atoms with van der Waals surface area (Å²) in [5, 5.41) is 0. The monoisotopic (exact) mass is 233 g/mol. The van der Waals surface area contributed by atoms with Crippen molar-refractivity contribution in [3.8, 4) is 5.75 Å². The van der Waals surface area contributed by atoms with E-state index in [2.05, 4.69) is 0 Å². The predicted octanol–water partition coefficient (Wildman–Crippen LogP) is 2.84. The van der Waals surface area contributed by atoms with Crippen LogP contribution in [-0.4, -0.2) is 12.0 Å². The number of primary amides is 1. The van der Waals surface area contributed by atoms with Crippen molar-refractivity contribution >= 4 is 5.91 Å². The van der Waals surface area contributed by atoms with Crippen LogP contribution in [0.1, 0.15) is 54.9 Å². The number of carbonyl (C=O) groups excluding carboxylic acids is 1. The zero-order valence-corrected chi connectivity index (χ0v) is 10.4. The van der Waals surface area contributed by atoms with E-state index in [1.54, 1.807) is 12.1 Å². The smallest absolute Gasteiger partial charge is 0.248 e. The van der Waals surface area contributed by atoms with Crippen LogP contribution in [0.15, 0.2) is 18.2 Å². The number of benzene rings is 1. The topological polar surface area (TPSA) is 52.3 Å². The second kappa shape index (κ2) is 4.78. The Morgan fingerprint density at radius 3 is 2.59 bits per heavy atom. The van der Waals surface area contributed by atoms with Crippen LogP contribution in [0.5, 0.6) is 5.75 Å². The highest BCUT2D eigenvalue weighted by molar-refractivity contribution is 5.93. The van der Waals surface area contributed by atoms with Crippen molar-refractivity contribution in [2.24, 2.45) is 5.73 Å². The van der Waals surface area contributed by atoms with Gasteiger partial charge < -0.3 is 10.5 Å². The summed E-state index contributed by atoms with van der Waals surface area (Å²) in [6, 6.07) is 5.56. The van der Waals surface area contributed by atoms with Crippen LogP contribution in [0.3, 0.4) is 0 Å². The van der Waals surface area contributed by atoms with Crippen molar-refractivity contribution in [1.82, 2.24) is 0 Å². The van der Waals surface area contributed by atoms with Crippen LogP contribution in [0, 0.1) is 0 Å². The summed E-state index contributed by atoms with van der Waals surface area (Å²) in [5.74, 6) is 1.01. The molecule has 3 nitrogen and oxygen atoms in total. The van der Waals surface area contributed by atoms with E-state index in [0.717, 1.165) is 5.75 Å². The molecular weight excluding hydrogens is 214 g/mol. The minimum atomic E-state index is -0.404. The molecule has 1 aliphatic carbocycles. The van der Waals surface area contributed by atoms with Gasteiger partial charge in [-0.3, -0.25) is 4.79 Å². The van der Waals surface area contributed by atoms with Gasteiger partial charge in [0.2, 0.25) is 5.91 Å². The van der Waals surface area contributed by atoms with Gasteiger partial charge in [-0.2, -0.15) is 0 Å². The van der Waals surface area contributed by atoms with Gasteiger partial charge in [-0.15, -0.1) is 0 Å². The van der Waals surface area contributed by atoms with E-state index >= 15 is 0 Å². The SMILES string of the molecule is CC(C)Oc1cc(C(N)=O)ccc1C1CCC1. The fourth-order valence-corrected chi connectivity index (χ4v) is 2.10. The minimum absolute atomic E-state index is 0.108. The Morgan fingerprint density at radius 1 is 1.41 bits per heavy atom. The van der Waals surface area contributed by atoms with Crippen molar-refractivity contribution in [3.63, 3.8) is 0 Å².